The van der Waals surface area contributed by atoms with Gasteiger partial charge in [0.05, 0.1) is 46.5 Å². The molecular weight excluding hydrogens is 452 g/mol. The molecule has 2 N–H and O–H groups in total. The van der Waals surface area contributed by atoms with E-state index in [1.165, 1.54) is 4.90 Å². The van der Waals surface area contributed by atoms with Crippen LogP contribution in [0, 0.1) is 17.8 Å². The number of halogens is 1. The van der Waals surface area contributed by atoms with Gasteiger partial charge in [0, 0.05) is 5.25 Å². The Kier molecular flexibility index (Phi) is 6.49. The fraction of sp³-hybridized carbons (Fsp3) is 0.609. The van der Waals surface area contributed by atoms with E-state index in [0.717, 1.165) is 6.42 Å². The number of likely N-dealkylation sites (tertiary alicyclic amines) is 1. The molecule has 0 radical (unpaired) electrons. The Hall–Kier alpha value is -1.77. The molecule has 174 valence electrons. The molecule has 4 rings (SSSR count). The van der Waals surface area contributed by atoms with Gasteiger partial charge in [-0.3, -0.25) is 14.4 Å². The van der Waals surface area contributed by atoms with Gasteiger partial charge in [-0.2, -0.15) is 0 Å². The molecule has 32 heavy (non-hydrogen) atoms. The van der Waals surface area contributed by atoms with Crippen LogP contribution in [0.1, 0.15) is 33.6 Å². The van der Waals surface area contributed by atoms with E-state index in [-0.39, 0.29) is 42.2 Å². The number of anilines is 1. The molecule has 2 amide bonds. The zero-order valence-electron chi connectivity index (χ0n) is 18.4. The van der Waals surface area contributed by atoms with Gasteiger partial charge < -0.3 is 20.1 Å². The SMILES string of the molecule is CCOC(=O)[C@@H]1[C@@H]2CC(C)C3(S2)C(C(=O)Nc2ccccc2Cl)N([C@@H](CC)CO)C(=O)[C@H]13. The van der Waals surface area contributed by atoms with Crippen molar-refractivity contribution in [3.63, 3.8) is 0 Å². The molecule has 3 saturated heterocycles. The molecule has 3 aliphatic heterocycles. The maximum Gasteiger partial charge on any atom is 0.310 e. The van der Waals surface area contributed by atoms with Crippen LogP contribution in [0.3, 0.4) is 0 Å². The fourth-order valence-electron chi connectivity index (χ4n) is 5.84. The van der Waals surface area contributed by atoms with E-state index in [1.54, 1.807) is 43.0 Å². The van der Waals surface area contributed by atoms with Crippen molar-refractivity contribution in [3.8, 4) is 0 Å². The van der Waals surface area contributed by atoms with Gasteiger partial charge in [-0.1, -0.05) is 37.6 Å². The van der Waals surface area contributed by atoms with Gasteiger partial charge >= 0.3 is 5.97 Å². The number of hydrogen-bond acceptors (Lipinski definition) is 6. The lowest BCUT2D eigenvalue weighted by atomic mass is 9.66. The van der Waals surface area contributed by atoms with Crippen LogP contribution in [0.25, 0.3) is 0 Å². The van der Waals surface area contributed by atoms with E-state index in [4.69, 9.17) is 16.3 Å². The predicted octanol–water partition coefficient (Wildman–Crippen LogP) is 2.95. The van der Waals surface area contributed by atoms with E-state index in [1.807, 2.05) is 13.8 Å². The van der Waals surface area contributed by atoms with E-state index < -0.39 is 28.7 Å². The Morgan fingerprint density at radius 1 is 1.38 bits per heavy atom. The van der Waals surface area contributed by atoms with Crippen LogP contribution in [0.5, 0.6) is 0 Å². The van der Waals surface area contributed by atoms with E-state index in [2.05, 4.69) is 5.32 Å². The van der Waals surface area contributed by atoms with Crippen molar-refractivity contribution in [2.45, 2.75) is 55.7 Å². The molecule has 0 aromatic heterocycles. The van der Waals surface area contributed by atoms with E-state index >= 15 is 0 Å². The third kappa shape index (κ3) is 3.33. The Morgan fingerprint density at radius 2 is 2.09 bits per heavy atom. The average molecular weight is 481 g/mol. The van der Waals surface area contributed by atoms with E-state index in [9.17, 15) is 19.5 Å². The summed E-state index contributed by atoms with van der Waals surface area (Å²) in [6, 6.07) is 5.62. The lowest BCUT2D eigenvalue weighted by Crippen LogP contribution is -2.56. The number of esters is 1. The molecule has 3 unspecified atom stereocenters. The highest BCUT2D eigenvalue weighted by atomic mass is 35.5. The third-order valence-electron chi connectivity index (χ3n) is 7.20. The minimum Gasteiger partial charge on any atom is -0.466 e. The number of carbonyl (C=O) groups excluding carboxylic acids is 3. The summed E-state index contributed by atoms with van der Waals surface area (Å²) >= 11 is 7.85. The first kappa shape index (κ1) is 23.4. The Labute approximate surface area is 197 Å². The lowest BCUT2D eigenvalue weighted by Gasteiger charge is -2.39. The van der Waals surface area contributed by atoms with Gasteiger partial charge in [-0.25, -0.2) is 0 Å². The van der Waals surface area contributed by atoms with Crippen molar-refractivity contribution in [1.29, 1.82) is 0 Å². The number of aliphatic hydroxyl groups is 1. The van der Waals surface area contributed by atoms with Crippen molar-refractivity contribution >= 4 is 46.8 Å². The summed E-state index contributed by atoms with van der Waals surface area (Å²) in [4.78, 5) is 42.0. The van der Waals surface area contributed by atoms with Gasteiger partial charge in [0.25, 0.3) is 0 Å². The first-order valence-electron chi connectivity index (χ1n) is 11.1. The number of aliphatic hydroxyl groups excluding tert-OH is 1. The van der Waals surface area contributed by atoms with Crippen LogP contribution in [0.2, 0.25) is 5.02 Å². The Bertz CT molecular complexity index is 925. The first-order valence-corrected chi connectivity index (χ1v) is 12.4. The zero-order valence-corrected chi connectivity index (χ0v) is 20.0. The molecule has 0 saturated carbocycles. The summed E-state index contributed by atoms with van der Waals surface area (Å²) in [5.74, 6) is -2.15. The molecule has 0 aliphatic carbocycles. The standard InChI is InChI=1S/C23H29ClN2O5S/c1-4-13(11-27)26-19(20(28)25-15-9-7-6-8-14(15)24)23-12(3)10-16(32-23)17(18(23)21(26)29)22(30)31-5-2/h6-9,12-13,16-19,27H,4-5,10-11H2,1-3H3,(H,25,28)/t12?,13-,16-,17+,18-,19?,23?/m0/s1. The normalized spacial score (nSPS) is 33.8. The second-order valence-corrected chi connectivity index (χ2v) is 10.7. The van der Waals surface area contributed by atoms with Crippen molar-refractivity contribution < 1.29 is 24.2 Å². The summed E-state index contributed by atoms with van der Waals surface area (Å²) in [5.41, 5.74) is 0.468. The summed E-state index contributed by atoms with van der Waals surface area (Å²) in [6.45, 7) is 5.66. The molecule has 1 spiro atoms. The second-order valence-electron chi connectivity index (χ2n) is 8.76. The van der Waals surface area contributed by atoms with Crippen LogP contribution in [0.4, 0.5) is 5.69 Å². The van der Waals surface area contributed by atoms with Crippen LogP contribution in [-0.4, -0.2) is 63.1 Å². The number of ether oxygens (including phenoxy) is 1. The quantitative estimate of drug-likeness (QED) is 0.582. The maximum absolute atomic E-state index is 13.8. The Balaban J connectivity index is 1.78. The average Bonchev–Trinajstić information content (AvgIpc) is 3.35. The smallest absolute Gasteiger partial charge is 0.310 e. The van der Waals surface area contributed by atoms with Gasteiger partial charge in [0.1, 0.15) is 6.04 Å². The monoisotopic (exact) mass is 480 g/mol. The predicted molar refractivity (Wildman–Crippen MR) is 123 cm³/mol. The number of fused-ring (bicyclic) bond motifs is 1. The highest BCUT2D eigenvalue weighted by Crippen LogP contribution is 2.69. The van der Waals surface area contributed by atoms with Gasteiger partial charge in [-0.15, -0.1) is 11.8 Å². The molecule has 7 nitrogen and oxygen atoms in total. The largest absolute Gasteiger partial charge is 0.466 e. The number of thioether (sulfide) groups is 1. The van der Waals surface area contributed by atoms with Crippen molar-refractivity contribution in [2.24, 2.45) is 17.8 Å². The summed E-state index contributed by atoms with van der Waals surface area (Å²) in [6.07, 6.45) is 1.23. The van der Waals surface area contributed by atoms with E-state index in [0.29, 0.717) is 17.1 Å². The molecule has 9 heteroatoms. The summed E-state index contributed by atoms with van der Waals surface area (Å²) < 4.78 is 4.58. The number of nitrogens with one attached hydrogen (secondary N) is 1. The van der Waals surface area contributed by atoms with Crippen molar-refractivity contribution in [1.82, 2.24) is 4.90 Å². The number of amides is 2. The molecular formula is C23H29ClN2O5S. The highest BCUT2D eigenvalue weighted by molar-refractivity contribution is 8.02. The van der Waals surface area contributed by atoms with Crippen LogP contribution >= 0.6 is 23.4 Å². The van der Waals surface area contributed by atoms with Gasteiger partial charge in [0.15, 0.2) is 0 Å². The number of nitrogens with zero attached hydrogens (tertiary/aromatic N) is 1. The Morgan fingerprint density at radius 3 is 2.72 bits per heavy atom. The van der Waals surface area contributed by atoms with Crippen molar-refractivity contribution in [2.75, 3.05) is 18.5 Å². The first-order chi connectivity index (χ1) is 15.3. The number of carbonyl (C=O) groups is 3. The minimum atomic E-state index is -0.821. The fourth-order valence-corrected chi connectivity index (χ4v) is 8.41. The topological polar surface area (TPSA) is 95.9 Å². The van der Waals surface area contributed by atoms with Crippen LogP contribution in [0.15, 0.2) is 24.3 Å². The number of benzene rings is 1. The molecule has 1 aromatic rings. The van der Waals surface area contributed by atoms with Gasteiger partial charge in [-0.05, 0) is 37.8 Å². The number of para-hydroxylation sites is 1. The van der Waals surface area contributed by atoms with Gasteiger partial charge in [0.2, 0.25) is 11.8 Å². The molecule has 3 fully saturated rings. The van der Waals surface area contributed by atoms with Crippen LogP contribution < -0.4 is 5.32 Å². The second kappa shape index (κ2) is 8.88. The molecule has 2 bridgehead atoms. The highest BCUT2D eigenvalue weighted by Gasteiger charge is 2.76. The third-order valence-corrected chi connectivity index (χ3v) is 9.60. The minimum absolute atomic E-state index is 0.0420. The lowest BCUT2D eigenvalue weighted by molar-refractivity contribution is -0.154. The molecule has 3 heterocycles. The summed E-state index contributed by atoms with van der Waals surface area (Å²) in [7, 11) is 0. The molecule has 1 aromatic carbocycles. The zero-order chi connectivity index (χ0) is 23.2. The number of hydrogen-bond donors (Lipinski definition) is 2. The van der Waals surface area contributed by atoms with Crippen molar-refractivity contribution in [3.05, 3.63) is 29.3 Å². The summed E-state index contributed by atoms with van der Waals surface area (Å²) in [5, 5.41) is 13.3. The van der Waals surface area contributed by atoms with Crippen LogP contribution in [-0.2, 0) is 19.1 Å². The molecule has 3 aliphatic rings. The number of rotatable bonds is 7. The maximum atomic E-state index is 13.8. The molecule has 7 atom stereocenters.